The van der Waals surface area contributed by atoms with Crippen LogP contribution in [0.15, 0.2) is 48.5 Å². The molecule has 0 fully saturated rings. The van der Waals surface area contributed by atoms with Crippen LogP contribution in [0.4, 0.5) is 4.39 Å². The van der Waals surface area contributed by atoms with E-state index in [2.05, 4.69) is 4.72 Å². The van der Waals surface area contributed by atoms with E-state index in [1.807, 2.05) is 24.3 Å². The van der Waals surface area contributed by atoms with E-state index in [-0.39, 0.29) is 12.3 Å². The van der Waals surface area contributed by atoms with Crippen LogP contribution in [0.25, 0.3) is 0 Å². The smallest absolute Gasteiger partial charge is 0.215 e. The van der Waals surface area contributed by atoms with Crippen molar-refractivity contribution in [3.63, 3.8) is 0 Å². The van der Waals surface area contributed by atoms with Gasteiger partial charge in [-0.1, -0.05) is 36.4 Å². The van der Waals surface area contributed by atoms with Crippen molar-refractivity contribution in [1.82, 2.24) is 4.72 Å². The minimum Gasteiger partial charge on any atom is -0.388 e. The van der Waals surface area contributed by atoms with Crippen LogP contribution in [0.2, 0.25) is 0 Å². The van der Waals surface area contributed by atoms with Crippen LogP contribution in [-0.4, -0.2) is 25.7 Å². The second kappa shape index (κ2) is 6.63. The maximum atomic E-state index is 12.9. The minimum atomic E-state index is -3.59. The average Bonchev–Trinajstić information content (AvgIpc) is 2.55. The van der Waals surface area contributed by atoms with Crippen LogP contribution in [0.5, 0.6) is 0 Å². The van der Waals surface area contributed by atoms with E-state index in [1.54, 1.807) is 0 Å². The predicted molar refractivity (Wildman–Crippen MR) is 90.4 cm³/mol. The van der Waals surface area contributed by atoms with Gasteiger partial charge in [0.05, 0.1) is 11.4 Å². The van der Waals surface area contributed by atoms with E-state index in [1.165, 1.54) is 29.8 Å². The number of rotatable bonds is 5. The topological polar surface area (TPSA) is 66.4 Å². The van der Waals surface area contributed by atoms with Gasteiger partial charge in [0.1, 0.15) is 5.82 Å². The Kier molecular flexibility index (Phi) is 4.71. The van der Waals surface area contributed by atoms with E-state index in [4.69, 9.17) is 0 Å². The Labute approximate surface area is 141 Å². The summed E-state index contributed by atoms with van der Waals surface area (Å²) >= 11 is 0. The van der Waals surface area contributed by atoms with Gasteiger partial charge in [-0.15, -0.1) is 0 Å². The molecule has 3 rings (SSSR count). The zero-order chi connectivity index (χ0) is 17.2. The summed E-state index contributed by atoms with van der Waals surface area (Å²) in [7, 11) is -3.59. The molecule has 0 bridgehead atoms. The lowest BCUT2D eigenvalue weighted by atomic mass is 9.80. The van der Waals surface area contributed by atoms with Gasteiger partial charge in [-0.3, -0.25) is 0 Å². The Hall–Kier alpha value is -1.76. The van der Waals surface area contributed by atoms with Crippen molar-refractivity contribution in [3.05, 3.63) is 71.0 Å². The Morgan fingerprint density at radius 2 is 1.75 bits per heavy atom. The van der Waals surface area contributed by atoms with Crippen molar-refractivity contribution >= 4 is 10.0 Å². The van der Waals surface area contributed by atoms with Crippen molar-refractivity contribution < 1.29 is 17.9 Å². The molecule has 24 heavy (non-hydrogen) atoms. The summed E-state index contributed by atoms with van der Waals surface area (Å²) in [5.41, 5.74) is 1.69. The zero-order valence-corrected chi connectivity index (χ0v) is 14.0. The number of hydrogen-bond donors (Lipinski definition) is 2. The molecule has 2 aromatic rings. The van der Waals surface area contributed by atoms with Crippen LogP contribution >= 0.6 is 0 Å². The maximum absolute atomic E-state index is 12.9. The molecule has 1 unspecified atom stereocenters. The summed E-state index contributed by atoms with van der Waals surface area (Å²) in [6, 6.07) is 13.2. The Morgan fingerprint density at radius 3 is 2.46 bits per heavy atom. The van der Waals surface area contributed by atoms with Crippen LogP contribution in [-0.2, 0) is 28.6 Å². The number of hydrogen-bond acceptors (Lipinski definition) is 3. The Morgan fingerprint density at radius 1 is 1.08 bits per heavy atom. The van der Waals surface area contributed by atoms with Crippen LogP contribution < -0.4 is 4.72 Å². The molecule has 0 saturated heterocycles. The third-order valence-electron chi connectivity index (χ3n) is 4.39. The number of fused-ring (bicyclic) bond motifs is 1. The van der Waals surface area contributed by atoms with E-state index >= 15 is 0 Å². The highest BCUT2D eigenvalue weighted by molar-refractivity contribution is 7.88. The summed E-state index contributed by atoms with van der Waals surface area (Å²) in [6.45, 7) is -0.0230. The van der Waals surface area contributed by atoms with Crippen molar-refractivity contribution in [1.29, 1.82) is 0 Å². The second-order valence-corrected chi connectivity index (χ2v) is 8.18. The van der Waals surface area contributed by atoms with E-state index in [0.717, 1.165) is 12.0 Å². The van der Waals surface area contributed by atoms with Gasteiger partial charge in [0.2, 0.25) is 10.0 Å². The van der Waals surface area contributed by atoms with Gasteiger partial charge in [0, 0.05) is 13.0 Å². The first kappa shape index (κ1) is 17.1. The molecule has 4 nitrogen and oxygen atoms in total. The van der Waals surface area contributed by atoms with Crippen LogP contribution in [0.1, 0.15) is 23.1 Å². The molecule has 0 radical (unpaired) electrons. The summed E-state index contributed by atoms with van der Waals surface area (Å²) in [5, 5.41) is 10.7. The molecule has 6 heteroatoms. The molecule has 2 N–H and O–H groups in total. The third-order valence-corrected chi connectivity index (χ3v) is 5.69. The van der Waals surface area contributed by atoms with Crippen molar-refractivity contribution in [2.24, 2.45) is 0 Å². The molecule has 0 aliphatic heterocycles. The second-order valence-electron chi connectivity index (χ2n) is 6.38. The first-order valence-electron chi connectivity index (χ1n) is 7.86. The molecule has 0 heterocycles. The van der Waals surface area contributed by atoms with Crippen LogP contribution in [0, 0.1) is 5.82 Å². The largest absolute Gasteiger partial charge is 0.388 e. The van der Waals surface area contributed by atoms with Gasteiger partial charge in [0.15, 0.2) is 0 Å². The minimum absolute atomic E-state index is 0.0230. The normalized spacial score (nSPS) is 20.6. The zero-order valence-electron chi connectivity index (χ0n) is 13.2. The fourth-order valence-electron chi connectivity index (χ4n) is 3.03. The number of aryl methyl sites for hydroxylation is 1. The molecular weight excluding hydrogens is 329 g/mol. The molecule has 1 atom stereocenters. The monoisotopic (exact) mass is 349 g/mol. The fourth-order valence-corrected chi connectivity index (χ4v) is 4.25. The molecule has 128 valence electrons. The number of sulfonamides is 1. The van der Waals surface area contributed by atoms with Gasteiger partial charge in [-0.25, -0.2) is 17.5 Å². The molecule has 0 amide bonds. The van der Waals surface area contributed by atoms with Gasteiger partial charge in [-0.05, 0) is 41.7 Å². The van der Waals surface area contributed by atoms with E-state index in [0.29, 0.717) is 18.4 Å². The Bertz CT molecular complexity index is 820. The maximum Gasteiger partial charge on any atom is 0.215 e. The van der Waals surface area contributed by atoms with Gasteiger partial charge in [-0.2, -0.15) is 0 Å². The van der Waals surface area contributed by atoms with Gasteiger partial charge >= 0.3 is 0 Å². The Balaban J connectivity index is 1.63. The summed E-state index contributed by atoms with van der Waals surface area (Å²) < 4.78 is 39.8. The molecule has 0 saturated carbocycles. The SMILES string of the molecule is O=S(=O)(Cc1ccc(F)cc1)NCC1(O)CCc2ccccc2C1. The average molecular weight is 349 g/mol. The number of benzene rings is 2. The lowest BCUT2D eigenvalue weighted by Crippen LogP contribution is -2.46. The standard InChI is InChI=1S/C18H20FNO3S/c19-17-7-5-14(6-8-17)12-24(22,23)20-13-18(21)10-9-15-3-1-2-4-16(15)11-18/h1-8,20-21H,9-13H2. The highest BCUT2D eigenvalue weighted by Gasteiger charge is 2.33. The van der Waals surface area contributed by atoms with Gasteiger partial charge in [0.25, 0.3) is 0 Å². The molecule has 0 spiro atoms. The quantitative estimate of drug-likeness (QED) is 0.869. The highest BCUT2D eigenvalue weighted by atomic mass is 32.2. The molecule has 1 aliphatic carbocycles. The predicted octanol–water partition coefficient (Wildman–Crippen LogP) is 2.17. The number of halogens is 1. The van der Waals surface area contributed by atoms with Crippen molar-refractivity contribution in [2.75, 3.05) is 6.54 Å². The highest BCUT2D eigenvalue weighted by Crippen LogP contribution is 2.28. The summed E-state index contributed by atoms with van der Waals surface area (Å²) in [5.74, 6) is -0.640. The molecule has 0 aromatic heterocycles. The third kappa shape index (κ3) is 4.20. The first-order chi connectivity index (χ1) is 11.4. The van der Waals surface area contributed by atoms with E-state index < -0.39 is 21.4 Å². The number of nitrogens with one attached hydrogen (secondary N) is 1. The summed E-state index contributed by atoms with van der Waals surface area (Å²) in [6.07, 6.45) is 1.68. The van der Waals surface area contributed by atoms with E-state index in [9.17, 15) is 17.9 Å². The van der Waals surface area contributed by atoms with Crippen LogP contribution in [0.3, 0.4) is 0 Å². The van der Waals surface area contributed by atoms with Crippen molar-refractivity contribution in [2.45, 2.75) is 30.6 Å². The molecule has 1 aliphatic rings. The lowest BCUT2D eigenvalue weighted by molar-refractivity contribution is 0.0317. The first-order valence-corrected chi connectivity index (χ1v) is 9.51. The van der Waals surface area contributed by atoms with Gasteiger partial charge < -0.3 is 5.11 Å². The molecular formula is C18H20FNO3S. The van der Waals surface area contributed by atoms with Crippen molar-refractivity contribution in [3.8, 4) is 0 Å². The number of aliphatic hydroxyl groups is 1. The fraction of sp³-hybridized carbons (Fsp3) is 0.333. The summed E-state index contributed by atoms with van der Waals surface area (Å²) in [4.78, 5) is 0. The molecule has 2 aromatic carbocycles. The lowest BCUT2D eigenvalue weighted by Gasteiger charge is -2.33.